The standard InChI is InChI=1S/C14H7F4NS/c15-11-4-9(3-10(6-11)14(16,17)18)8-1-2-13-12(5-8)19-7-20-13/h1-7H. The van der Waals surface area contributed by atoms with Gasteiger partial charge in [-0.25, -0.2) is 9.37 Å². The number of fused-ring (bicyclic) bond motifs is 1. The van der Waals surface area contributed by atoms with Crippen molar-refractivity contribution in [3.8, 4) is 11.1 Å². The van der Waals surface area contributed by atoms with Gasteiger partial charge in [0.1, 0.15) is 5.82 Å². The maximum absolute atomic E-state index is 13.4. The van der Waals surface area contributed by atoms with Gasteiger partial charge >= 0.3 is 6.18 Å². The molecule has 3 aromatic rings. The molecule has 1 heterocycles. The summed E-state index contributed by atoms with van der Waals surface area (Å²) >= 11 is 1.44. The van der Waals surface area contributed by atoms with Crippen molar-refractivity contribution in [2.45, 2.75) is 6.18 Å². The third kappa shape index (κ3) is 2.38. The molecule has 1 nitrogen and oxygen atoms in total. The Bertz CT molecular complexity index is 776. The Morgan fingerprint density at radius 3 is 2.50 bits per heavy atom. The molecule has 0 aliphatic rings. The van der Waals surface area contributed by atoms with Gasteiger partial charge in [0.05, 0.1) is 21.3 Å². The van der Waals surface area contributed by atoms with Gasteiger partial charge < -0.3 is 0 Å². The number of thiazole rings is 1. The predicted molar refractivity (Wildman–Crippen MR) is 70.0 cm³/mol. The van der Waals surface area contributed by atoms with Gasteiger partial charge in [-0.1, -0.05) is 6.07 Å². The van der Waals surface area contributed by atoms with Crippen LogP contribution in [0.3, 0.4) is 0 Å². The van der Waals surface area contributed by atoms with Crippen LogP contribution >= 0.6 is 11.3 Å². The zero-order chi connectivity index (χ0) is 14.3. The van der Waals surface area contributed by atoms with E-state index >= 15 is 0 Å². The van der Waals surface area contributed by atoms with Crippen molar-refractivity contribution in [1.82, 2.24) is 4.98 Å². The fourth-order valence-electron chi connectivity index (χ4n) is 1.96. The number of hydrogen-bond acceptors (Lipinski definition) is 2. The molecular formula is C14H7F4NS. The quantitative estimate of drug-likeness (QED) is 0.568. The van der Waals surface area contributed by atoms with Crippen LogP contribution in [0.5, 0.6) is 0 Å². The number of rotatable bonds is 1. The van der Waals surface area contributed by atoms with Gasteiger partial charge in [0.15, 0.2) is 0 Å². The summed E-state index contributed by atoms with van der Waals surface area (Å²) in [5, 5.41) is 0. The van der Waals surface area contributed by atoms with Crippen LogP contribution in [0.2, 0.25) is 0 Å². The third-order valence-electron chi connectivity index (χ3n) is 2.89. The fourth-order valence-corrected chi connectivity index (χ4v) is 2.62. The van der Waals surface area contributed by atoms with Gasteiger partial charge in [-0.2, -0.15) is 13.2 Å². The lowest BCUT2D eigenvalue weighted by molar-refractivity contribution is -0.137. The fraction of sp³-hybridized carbons (Fsp3) is 0.0714. The summed E-state index contributed by atoms with van der Waals surface area (Å²) in [5.41, 5.74) is 2.04. The van der Waals surface area contributed by atoms with E-state index in [4.69, 9.17) is 0 Å². The first-order chi connectivity index (χ1) is 9.43. The van der Waals surface area contributed by atoms with E-state index in [0.29, 0.717) is 17.1 Å². The summed E-state index contributed by atoms with van der Waals surface area (Å²) in [5.74, 6) is -0.909. The summed E-state index contributed by atoms with van der Waals surface area (Å²) in [4.78, 5) is 4.10. The normalized spacial score (nSPS) is 12.0. The summed E-state index contributed by atoms with van der Waals surface area (Å²) < 4.78 is 52.4. The second kappa shape index (κ2) is 4.56. The average Bonchev–Trinajstić information content (AvgIpc) is 2.84. The minimum Gasteiger partial charge on any atom is -0.245 e. The molecule has 20 heavy (non-hydrogen) atoms. The zero-order valence-corrected chi connectivity index (χ0v) is 10.7. The van der Waals surface area contributed by atoms with Crippen LogP contribution in [0.1, 0.15) is 5.56 Å². The second-order valence-corrected chi connectivity index (χ2v) is 5.15. The first kappa shape index (κ1) is 13.1. The molecule has 0 spiro atoms. The summed E-state index contributed by atoms with van der Waals surface area (Å²) in [7, 11) is 0. The van der Waals surface area contributed by atoms with Gasteiger partial charge in [-0.3, -0.25) is 0 Å². The average molecular weight is 297 g/mol. The van der Waals surface area contributed by atoms with E-state index in [-0.39, 0.29) is 5.56 Å². The molecule has 0 saturated heterocycles. The minimum absolute atomic E-state index is 0.187. The number of aromatic nitrogens is 1. The topological polar surface area (TPSA) is 12.9 Å². The highest BCUT2D eigenvalue weighted by Crippen LogP contribution is 2.34. The molecule has 0 aliphatic heterocycles. The van der Waals surface area contributed by atoms with E-state index in [1.54, 1.807) is 23.7 Å². The number of benzene rings is 2. The number of nitrogens with zero attached hydrogens (tertiary/aromatic N) is 1. The lowest BCUT2D eigenvalue weighted by atomic mass is 10.0. The van der Waals surface area contributed by atoms with Crippen molar-refractivity contribution in [2.24, 2.45) is 0 Å². The molecule has 0 amide bonds. The molecule has 1 aromatic heterocycles. The van der Waals surface area contributed by atoms with Crippen LogP contribution < -0.4 is 0 Å². The van der Waals surface area contributed by atoms with Crippen molar-refractivity contribution in [3.63, 3.8) is 0 Å². The molecule has 3 rings (SSSR count). The first-order valence-corrected chi connectivity index (χ1v) is 6.53. The Hall–Kier alpha value is -1.95. The van der Waals surface area contributed by atoms with E-state index in [1.165, 1.54) is 11.3 Å². The van der Waals surface area contributed by atoms with Crippen molar-refractivity contribution in [2.75, 3.05) is 0 Å². The summed E-state index contributed by atoms with van der Waals surface area (Å²) in [6.45, 7) is 0. The molecule has 0 fully saturated rings. The van der Waals surface area contributed by atoms with Gasteiger partial charge in [0, 0.05) is 0 Å². The molecule has 0 radical (unpaired) electrons. The van der Waals surface area contributed by atoms with Crippen molar-refractivity contribution in [3.05, 3.63) is 53.3 Å². The number of alkyl halides is 3. The van der Waals surface area contributed by atoms with E-state index in [0.717, 1.165) is 16.8 Å². The first-order valence-electron chi connectivity index (χ1n) is 5.65. The van der Waals surface area contributed by atoms with E-state index in [2.05, 4.69) is 4.98 Å². The Balaban J connectivity index is 2.15. The number of hydrogen-bond donors (Lipinski definition) is 0. The molecule has 6 heteroatoms. The van der Waals surface area contributed by atoms with Crippen LogP contribution in [0.15, 0.2) is 41.9 Å². The van der Waals surface area contributed by atoms with Crippen molar-refractivity contribution < 1.29 is 17.6 Å². The van der Waals surface area contributed by atoms with Crippen LogP contribution in [-0.2, 0) is 6.18 Å². The van der Waals surface area contributed by atoms with E-state index in [9.17, 15) is 17.6 Å². The van der Waals surface area contributed by atoms with Crippen LogP contribution in [0, 0.1) is 5.82 Å². The van der Waals surface area contributed by atoms with Gasteiger partial charge in [0.2, 0.25) is 0 Å². The largest absolute Gasteiger partial charge is 0.416 e. The number of halogens is 4. The lowest BCUT2D eigenvalue weighted by Gasteiger charge is -2.09. The van der Waals surface area contributed by atoms with Gasteiger partial charge in [-0.05, 0) is 41.5 Å². The van der Waals surface area contributed by atoms with Gasteiger partial charge in [-0.15, -0.1) is 11.3 Å². The van der Waals surface area contributed by atoms with Crippen LogP contribution in [-0.4, -0.2) is 4.98 Å². The van der Waals surface area contributed by atoms with E-state index in [1.807, 2.05) is 0 Å². The monoisotopic (exact) mass is 297 g/mol. The Morgan fingerprint density at radius 2 is 1.75 bits per heavy atom. The molecule has 0 N–H and O–H groups in total. The van der Waals surface area contributed by atoms with Crippen molar-refractivity contribution in [1.29, 1.82) is 0 Å². The zero-order valence-electron chi connectivity index (χ0n) is 9.91. The summed E-state index contributed by atoms with van der Waals surface area (Å²) in [6, 6.07) is 7.60. The Morgan fingerprint density at radius 1 is 0.950 bits per heavy atom. The smallest absolute Gasteiger partial charge is 0.245 e. The Kier molecular flexibility index (Phi) is 2.97. The SMILES string of the molecule is Fc1cc(-c2ccc3scnc3c2)cc(C(F)(F)F)c1. The predicted octanol–water partition coefficient (Wildman–Crippen LogP) is 5.12. The maximum atomic E-state index is 13.4. The van der Waals surface area contributed by atoms with Crippen LogP contribution in [0.25, 0.3) is 21.3 Å². The maximum Gasteiger partial charge on any atom is 0.416 e. The molecule has 0 aliphatic carbocycles. The highest BCUT2D eigenvalue weighted by molar-refractivity contribution is 7.16. The second-order valence-electron chi connectivity index (χ2n) is 4.26. The lowest BCUT2D eigenvalue weighted by Crippen LogP contribution is -2.05. The highest BCUT2D eigenvalue weighted by atomic mass is 32.1. The molecule has 0 unspecified atom stereocenters. The molecule has 102 valence electrons. The Labute approximate surface area is 115 Å². The van der Waals surface area contributed by atoms with E-state index < -0.39 is 17.6 Å². The highest BCUT2D eigenvalue weighted by Gasteiger charge is 2.31. The molecule has 2 aromatic carbocycles. The van der Waals surface area contributed by atoms with Crippen molar-refractivity contribution >= 4 is 21.6 Å². The third-order valence-corrected chi connectivity index (χ3v) is 3.70. The molecular weight excluding hydrogens is 290 g/mol. The van der Waals surface area contributed by atoms with Gasteiger partial charge in [0.25, 0.3) is 0 Å². The molecule has 0 atom stereocenters. The van der Waals surface area contributed by atoms with Crippen LogP contribution in [0.4, 0.5) is 17.6 Å². The summed E-state index contributed by atoms with van der Waals surface area (Å²) in [6.07, 6.45) is -4.57. The molecule has 0 saturated carbocycles. The minimum atomic E-state index is -4.57. The molecule has 0 bridgehead atoms.